The number of amides is 1. The first kappa shape index (κ1) is 18.1. The lowest BCUT2D eigenvalue weighted by Crippen LogP contribution is -2.43. The second-order valence-corrected chi connectivity index (χ2v) is 8.95. The highest BCUT2D eigenvalue weighted by Gasteiger charge is 2.34. The minimum Gasteiger partial charge on any atom is -0.497 e. The SMILES string of the molecule is COc1ccc2c(c1)-c1onc(C(=O)N[C@@H]3C[C@@H](C)CC(C)(C)C3)c1CC2. The molecule has 2 aromatic rings. The molecule has 1 aromatic heterocycles. The Hall–Kier alpha value is -2.30. The van der Waals surface area contributed by atoms with Crippen molar-refractivity contribution in [1.29, 1.82) is 0 Å². The van der Waals surface area contributed by atoms with Crippen molar-refractivity contribution in [2.75, 3.05) is 7.11 Å². The zero-order valence-electron chi connectivity index (χ0n) is 16.6. The predicted octanol–water partition coefficient (Wildman–Crippen LogP) is 4.39. The molecule has 1 saturated carbocycles. The van der Waals surface area contributed by atoms with Crippen LogP contribution in [0.5, 0.6) is 5.75 Å². The van der Waals surface area contributed by atoms with Crippen LogP contribution in [0.15, 0.2) is 22.7 Å². The Kier molecular flexibility index (Phi) is 4.49. The summed E-state index contributed by atoms with van der Waals surface area (Å²) in [4.78, 5) is 12.9. The van der Waals surface area contributed by atoms with E-state index in [-0.39, 0.29) is 17.4 Å². The molecule has 2 aliphatic carbocycles. The fourth-order valence-corrected chi connectivity index (χ4v) is 5.01. The molecule has 1 fully saturated rings. The Labute approximate surface area is 160 Å². The Morgan fingerprint density at radius 1 is 1.30 bits per heavy atom. The second kappa shape index (κ2) is 6.70. The molecule has 1 N–H and O–H groups in total. The van der Waals surface area contributed by atoms with Gasteiger partial charge in [0.1, 0.15) is 5.75 Å². The van der Waals surface area contributed by atoms with Gasteiger partial charge in [0.25, 0.3) is 5.91 Å². The average molecular weight is 368 g/mol. The third-order valence-electron chi connectivity index (χ3n) is 5.93. The van der Waals surface area contributed by atoms with Gasteiger partial charge < -0.3 is 14.6 Å². The lowest BCUT2D eigenvalue weighted by Gasteiger charge is -2.39. The molecule has 0 bridgehead atoms. The first-order valence-electron chi connectivity index (χ1n) is 9.83. The van der Waals surface area contributed by atoms with Crippen LogP contribution in [0.25, 0.3) is 11.3 Å². The lowest BCUT2D eigenvalue weighted by molar-refractivity contribution is 0.0864. The van der Waals surface area contributed by atoms with Crippen molar-refractivity contribution in [2.24, 2.45) is 11.3 Å². The molecule has 1 amide bonds. The molecular weight excluding hydrogens is 340 g/mol. The monoisotopic (exact) mass is 368 g/mol. The lowest BCUT2D eigenvalue weighted by atomic mass is 9.70. The van der Waals surface area contributed by atoms with Gasteiger partial charge in [-0.3, -0.25) is 4.79 Å². The maximum atomic E-state index is 12.9. The van der Waals surface area contributed by atoms with E-state index in [4.69, 9.17) is 9.26 Å². The molecule has 27 heavy (non-hydrogen) atoms. The maximum Gasteiger partial charge on any atom is 0.273 e. The fraction of sp³-hybridized carbons (Fsp3) is 0.545. The average Bonchev–Trinajstić information content (AvgIpc) is 3.04. The molecular formula is C22H28N2O3. The molecule has 4 rings (SSSR count). The van der Waals surface area contributed by atoms with E-state index >= 15 is 0 Å². The molecule has 2 aliphatic rings. The summed E-state index contributed by atoms with van der Waals surface area (Å²) in [6.07, 6.45) is 4.88. The van der Waals surface area contributed by atoms with Crippen molar-refractivity contribution in [3.8, 4) is 17.1 Å². The molecule has 0 saturated heterocycles. The highest BCUT2D eigenvalue weighted by Crippen LogP contribution is 2.39. The topological polar surface area (TPSA) is 64.4 Å². The third-order valence-corrected chi connectivity index (χ3v) is 5.93. The maximum absolute atomic E-state index is 12.9. The number of carbonyl (C=O) groups excluding carboxylic acids is 1. The van der Waals surface area contributed by atoms with Crippen LogP contribution in [0.4, 0.5) is 0 Å². The van der Waals surface area contributed by atoms with E-state index < -0.39 is 0 Å². The van der Waals surface area contributed by atoms with E-state index in [2.05, 4.69) is 37.3 Å². The summed E-state index contributed by atoms with van der Waals surface area (Å²) in [6.45, 7) is 6.83. The quantitative estimate of drug-likeness (QED) is 0.872. The zero-order chi connectivity index (χ0) is 19.2. The third kappa shape index (κ3) is 3.47. The number of hydrogen-bond acceptors (Lipinski definition) is 4. The number of hydrogen-bond donors (Lipinski definition) is 1. The summed E-state index contributed by atoms with van der Waals surface area (Å²) in [5, 5.41) is 7.36. The number of benzene rings is 1. The number of aromatic nitrogens is 1. The van der Waals surface area contributed by atoms with Crippen molar-refractivity contribution >= 4 is 5.91 Å². The summed E-state index contributed by atoms with van der Waals surface area (Å²) < 4.78 is 11.0. The van der Waals surface area contributed by atoms with Crippen LogP contribution >= 0.6 is 0 Å². The number of nitrogens with zero attached hydrogens (tertiary/aromatic N) is 1. The highest BCUT2D eigenvalue weighted by atomic mass is 16.5. The molecule has 5 nitrogen and oxygen atoms in total. The Bertz CT molecular complexity index is 868. The van der Waals surface area contributed by atoms with E-state index in [1.165, 1.54) is 12.0 Å². The summed E-state index contributed by atoms with van der Waals surface area (Å²) in [7, 11) is 1.65. The van der Waals surface area contributed by atoms with Crippen LogP contribution in [-0.2, 0) is 12.8 Å². The number of ether oxygens (including phenoxy) is 1. The van der Waals surface area contributed by atoms with Gasteiger partial charge in [-0.1, -0.05) is 32.0 Å². The fourth-order valence-electron chi connectivity index (χ4n) is 5.01. The minimum atomic E-state index is -0.110. The summed E-state index contributed by atoms with van der Waals surface area (Å²) in [6, 6.07) is 6.18. The standard InChI is InChI=1S/C22H28N2O3/c1-13-9-15(12-22(2,3)11-13)23-21(25)19-17-8-6-14-5-7-16(26-4)10-18(14)20(17)27-24-19/h5,7,10,13,15H,6,8-9,11-12H2,1-4H3,(H,23,25)/t13-,15-/m1/s1. The summed E-state index contributed by atoms with van der Waals surface area (Å²) in [5.74, 6) is 1.99. The van der Waals surface area contributed by atoms with Crippen LogP contribution in [0.2, 0.25) is 0 Å². The van der Waals surface area contributed by atoms with Crippen LogP contribution in [-0.4, -0.2) is 24.2 Å². The van der Waals surface area contributed by atoms with Gasteiger partial charge in [-0.15, -0.1) is 0 Å². The van der Waals surface area contributed by atoms with E-state index in [0.717, 1.165) is 42.6 Å². The molecule has 5 heteroatoms. The normalized spacial score (nSPS) is 23.3. The second-order valence-electron chi connectivity index (χ2n) is 8.95. The van der Waals surface area contributed by atoms with E-state index in [9.17, 15) is 4.79 Å². The number of rotatable bonds is 3. The zero-order valence-corrected chi connectivity index (χ0v) is 16.6. The first-order valence-corrected chi connectivity index (χ1v) is 9.83. The minimum absolute atomic E-state index is 0.110. The molecule has 0 spiro atoms. The molecule has 144 valence electrons. The molecule has 1 aromatic carbocycles. The van der Waals surface area contributed by atoms with Gasteiger partial charge in [0.05, 0.1) is 7.11 Å². The van der Waals surface area contributed by atoms with Crippen LogP contribution in [0, 0.1) is 11.3 Å². The number of aryl methyl sites for hydroxylation is 1. The van der Waals surface area contributed by atoms with Gasteiger partial charge in [0.2, 0.25) is 0 Å². The van der Waals surface area contributed by atoms with Gasteiger partial charge in [-0.2, -0.15) is 0 Å². The molecule has 0 radical (unpaired) electrons. The van der Waals surface area contributed by atoms with Gasteiger partial charge in [0, 0.05) is 17.2 Å². The van der Waals surface area contributed by atoms with Crippen LogP contribution in [0.1, 0.15) is 61.6 Å². The number of nitrogens with one attached hydrogen (secondary N) is 1. The molecule has 1 heterocycles. The van der Waals surface area contributed by atoms with Crippen molar-refractivity contribution in [3.05, 3.63) is 35.0 Å². The van der Waals surface area contributed by atoms with Gasteiger partial charge in [-0.05, 0) is 61.1 Å². The van der Waals surface area contributed by atoms with Crippen molar-refractivity contribution in [1.82, 2.24) is 10.5 Å². The van der Waals surface area contributed by atoms with Gasteiger partial charge >= 0.3 is 0 Å². The summed E-state index contributed by atoms with van der Waals surface area (Å²) in [5.41, 5.74) is 3.80. The summed E-state index contributed by atoms with van der Waals surface area (Å²) >= 11 is 0. The van der Waals surface area contributed by atoms with E-state index in [1.807, 2.05) is 12.1 Å². The highest BCUT2D eigenvalue weighted by molar-refractivity contribution is 5.95. The van der Waals surface area contributed by atoms with E-state index in [1.54, 1.807) is 7.11 Å². The van der Waals surface area contributed by atoms with Crippen molar-refractivity contribution in [2.45, 2.75) is 58.9 Å². The number of carbonyl (C=O) groups is 1. The molecule has 2 atom stereocenters. The number of fused-ring (bicyclic) bond motifs is 3. The largest absolute Gasteiger partial charge is 0.497 e. The van der Waals surface area contributed by atoms with E-state index in [0.29, 0.717) is 17.4 Å². The molecule has 0 unspecified atom stereocenters. The Morgan fingerprint density at radius 2 is 2.11 bits per heavy atom. The van der Waals surface area contributed by atoms with Crippen molar-refractivity contribution in [3.63, 3.8) is 0 Å². The van der Waals surface area contributed by atoms with Crippen molar-refractivity contribution < 1.29 is 14.1 Å². The number of methoxy groups -OCH3 is 1. The smallest absolute Gasteiger partial charge is 0.273 e. The van der Waals surface area contributed by atoms with Crippen LogP contribution in [0.3, 0.4) is 0 Å². The van der Waals surface area contributed by atoms with Gasteiger partial charge in [-0.25, -0.2) is 0 Å². The van der Waals surface area contributed by atoms with Gasteiger partial charge in [0.15, 0.2) is 11.5 Å². The first-order chi connectivity index (χ1) is 12.9. The Morgan fingerprint density at radius 3 is 2.85 bits per heavy atom. The Balaban J connectivity index is 1.58. The predicted molar refractivity (Wildman–Crippen MR) is 104 cm³/mol. The molecule has 0 aliphatic heterocycles. The van der Waals surface area contributed by atoms with Crippen LogP contribution < -0.4 is 10.1 Å².